The lowest BCUT2D eigenvalue weighted by Gasteiger charge is -2.43. The lowest BCUT2D eigenvalue weighted by Crippen LogP contribution is -2.50. The van der Waals surface area contributed by atoms with Crippen molar-refractivity contribution in [1.82, 2.24) is 4.90 Å². The molecule has 1 N–H and O–H groups in total. The van der Waals surface area contributed by atoms with Crippen molar-refractivity contribution in [2.75, 3.05) is 19.6 Å². The molecule has 1 saturated heterocycles. The number of carboxylic acid groups (broad SMARTS) is 1. The quantitative estimate of drug-likeness (QED) is 0.804. The van der Waals surface area contributed by atoms with Gasteiger partial charge in [0.05, 0.1) is 12.0 Å². The van der Waals surface area contributed by atoms with E-state index in [1.54, 1.807) is 0 Å². The molecular weight excluding hydrogens is 270 g/mol. The molecule has 5 heteroatoms. The Hall–Kier alpha value is -1.88. The molecule has 1 fully saturated rings. The van der Waals surface area contributed by atoms with E-state index in [2.05, 4.69) is 11.8 Å². The second-order valence-electron chi connectivity index (χ2n) is 5.42. The van der Waals surface area contributed by atoms with E-state index < -0.39 is 0 Å². The van der Waals surface area contributed by atoms with Gasteiger partial charge in [0, 0.05) is 25.9 Å². The minimum atomic E-state index is -0.250. The number of rotatable bonds is 1. The molecule has 0 saturated carbocycles. The van der Waals surface area contributed by atoms with Crippen LogP contribution in [0.5, 0.6) is 5.75 Å². The standard InChI is InChI=1S/C15H19NO2.CH2O2/c1-2-16-9-7-15(8-10-16)11-13(17)12-5-3-4-6-14(12)18-15;2-1-3/h3-6H,2,7-11H2,1H3;1H,(H,2,3). The lowest BCUT2D eigenvalue weighted by atomic mass is 9.82. The number of hydrogen-bond donors (Lipinski definition) is 1. The van der Waals surface area contributed by atoms with E-state index in [0.717, 1.165) is 43.8 Å². The highest BCUT2D eigenvalue weighted by atomic mass is 16.5. The predicted octanol–water partition coefficient (Wildman–Crippen LogP) is 2.21. The van der Waals surface area contributed by atoms with Gasteiger partial charge >= 0.3 is 0 Å². The van der Waals surface area contributed by atoms with Crippen molar-refractivity contribution in [2.45, 2.75) is 31.8 Å². The van der Waals surface area contributed by atoms with Crippen LogP contribution < -0.4 is 4.74 Å². The molecule has 1 spiro atoms. The van der Waals surface area contributed by atoms with Gasteiger partial charge in [0.1, 0.15) is 11.4 Å². The van der Waals surface area contributed by atoms with Gasteiger partial charge in [-0.25, -0.2) is 0 Å². The fourth-order valence-corrected chi connectivity index (χ4v) is 3.00. The monoisotopic (exact) mass is 291 g/mol. The molecule has 1 aromatic rings. The highest BCUT2D eigenvalue weighted by Gasteiger charge is 2.42. The molecule has 0 amide bonds. The lowest BCUT2D eigenvalue weighted by molar-refractivity contribution is -0.122. The third-order valence-corrected chi connectivity index (χ3v) is 4.21. The van der Waals surface area contributed by atoms with Gasteiger partial charge in [-0.3, -0.25) is 9.59 Å². The number of fused-ring (bicyclic) bond motifs is 1. The average molecular weight is 291 g/mol. The molecule has 0 bridgehead atoms. The van der Waals surface area contributed by atoms with E-state index in [9.17, 15) is 4.79 Å². The largest absolute Gasteiger partial charge is 0.486 e. The number of carbonyl (C=O) groups is 2. The molecule has 2 heterocycles. The highest BCUT2D eigenvalue weighted by molar-refractivity contribution is 6.00. The maximum atomic E-state index is 12.2. The average Bonchev–Trinajstić information content (AvgIpc) is 2.49. The highest BCUT2D eigenvalue weighted by Crippen LogP contribution is 2.38. The van der Waals surface area contributed by atoms with Gasteiger partial charge in [0.25, 0.3) is 6.47 Å². The molecule has 114 valence electrons. The number of ether oxygens (including phenoxy) is 1. The topological polar surface area (TPSA) is 66.8 Å². The van der Waals surface area contributed by atoms with Crippen LogP contribution in [0.25, 0.3) is 0 Å². The number of benzene rings is 1. The third kappa shape index (κ3) is 3.42. The summed E-state index contributed by atoms with van der Waals surface area (Å²) in [5, 5.41) is 6.89. The number of piperidine rings is 1. The van der Waals surface area contributed by atoms with Crippen LogP contribution >= 0.6 is 0 Å². The smallest absolute Gasteiger partial charge is 0.290 e. The second kappa shape index (κ2) is 6.72. The van der Waals surface area contributed by atoms with Gasteiger partial charge in [-0.1, -0.05) is 19.1 Å². The van der Waals surface area contributed by atoms with Gasteiger partial charge in [0.15, 0.2) is 5.78 Å². The summed E-state index contributed by atoms with van der Waals surface area (Å²) in [5.74, 6) is 1.01. The number of likely N-dealkylation sites (tertiary alicyclic amines) is 1. The number of nitrogens with zero attached hydrogens (tertiary/aromatic N) is 1. The Labute approximate surface area is 124 Å². The molecule has 1 aromatic carbocycles. The van der Waals surface area contributed by atoms with E-state index in [4.69, 9.17) is 14.6 Å². The Bertz CT molecular complexity index is 507. The van der Waals surface area contributed by atoms with Gasteiger partial charge in [-0.05, 0) is 18.7 Å². The van der Waals surface area contributed by atoms with Crippen LogP contribution in [-0.4, -0.2) is 47.5 Å². The minimum Gasteiger partial charge on any atom is -0.486 e. The fraction of sp³-hybridized carbons (Fsp3) is 0.500. The molecule has 0 unspecified atom stereocenters. The SMILES string of the molecule is CCN1CCC2(CC1)CC(=O)c1ccccc1O2.O=CO. The van der Waals surface area contributed by atoms with Crippen LogP contribution in [0.1, 0.15) is 36.5 Å². The van der Waals surface area contributed by atoms with E-state index in [1.807, 2.05) is 24.3 Å². The van der Waals surface area contributed by atoms with Crippen molar-refractivity contribution in [3.8, 4) is 5.75 Å². The summed E-state index contributed by atoms with van der Waals surface area (Å²) in [5.41, 5.74) is 0.512. The number of hydrogen-bond acceptors (Lipinski definition) is 4. The minimum absolute atomic E-state index is 0.238. The predicted molar refractivity (Wildman–Crippen MR) is 78.8 cm³/mol. The van der Waals surface area contributed by atoms with Crippen molar-refractivity contribution in [2.24, 2.45) is 0 Å². The Morgan fingerprint density at radius 1 is 1.33 bits per heavy atom. The van der Waals surface area contributed by atoms with Crippen LogP contribution in [0, 0.1) is 0 Å². The Morgan fingerprint density at radius 2 is 1.95 bits per heavy atom. The molecule has 0 atom stereocenters. The number of ketones is 1. The zero-order valence-electron chi connectivity index (χ0n) is 12.2. The van der Waals surface area contributed by atoms with Gasteiger partial charge in [-0.15, -0.1) is 0 Å². The summed E-state index contributed by atoms with van der Waals surface area (Å²) >= 11 is 0. The van der Waals surface area contributed by atoms with Crippen LogP contribution in [0.2, 0.25) is 0 Å². The molecular formula is C16H21NO4. The molecule has 2 aliphatic rings. The molecule has 0 radical (unpaired) electrons. The number of Topliss-reactive ketones (excluding diaryl/α,β-unsaturated/α-hetero) is 1. The van der Waals surface area contributed by atoms with Crippen LogP contribution in [0.15, 0.2) is 24.3 Å². The summed E-state index contributed by atoms with van der Waals surface area (Å²) in [6, 6.07) is 7.62. The molecule has 5 nitrogen and oxygen atoms in total. The van der Waals surface area contributed by atoms with E-state index in [1.165, 1.54) is 0 Å². The van der Waals surface area contributed by atoms with Crippen molar-refractivity contribution in [3.05, 3.63) is 29.8 Å². The van der Waals surface area contributed by atoms with E-state index in [-0.39, 0.29) is 17.9 Å². The van der Waals surface area contributed by atoms with Gasteiger partial charge in [0.2, 0.25) is 0 Å². The maximum Gasteiger partial charge on any atom is 0.290 e. The normalized spacial score (nSPS) is 20.0. The first-order valence-electron chi connectivity index (χ1n) is 7.25. The Morgan fingerprint density at radius 3 is 2.57 bits per heavy atom. The number of carbonyl (C=O) groups excluding carboxylic acids is 1. The third-order valence-electron chi connectivity index (χ3n) is 4.21. The fourth-order valence-electron chi connectivity index (χ4n) is 3.00. The Kier molecular flexibility index (Phi) is 4.96. The van der Waals surface area contributed by atoms with Crippen molar-refractivity contribution in [1.29, 1.82) is 0 Å². The first kappa shape index (κ1) is 15.5. The summed E-state index contributed by atoms with van der Waals surface area (Å²) in [7, 11) is 0. The van der Waals surface area contributed by atoms with Crippen molar-refractivity contribution >= 4 is 12.3 Å². The van der Waals surface area contributed by atoms with Gasteiger partial charge < -0.3 is 14.7 Å². The first-order valence-corrected chi connectivity index (χ1v) is 7.25. The summed E-state index contributed by atoms with van der Waals surface area (Å²) in [6.45, 7) is 5.08. The van der Waals surface area contributed by atoms with Gasteiger partial charge in [-0.2, -0.15) is 0 Å². The van der Waals surface area contributed by atoms with Crippen LogP contribution in [-0.2, 0) is 4.79 Å². The second-order valence-corrected chi connectivity index (χ2v) is 5.42. The van der Waals surface area contributed by atoms with E-state index in [0.29, 0.717) is 6.42 Å². The first-order chi connectivity index (χ1) is 10.1. The molecule has 3 rings (SSSR count). The molecule has 2 aliphatic heterocycles. The molecule has 21 heavy (non-hydrogen) atoms. The summed E-state index contributed by atoms with van der Waals surface area (Å²) in [4.78, 5) is 23.0. The summed E-state index contributed by atoms with van der Waals surface area (Å²) in [6.07, 6.45) is 2.46. The van der Waals surface area contributed by atoms with Crippen molar-refractivity contribution in [3.63, 3.8) is 0 Å². The van der Waals surface area contributed by atoms with Crippen LogP contribution in [0.3, 0.4) is 0 Å². The maximum absolute atomic E-state index is 12.2. The zero-order valence-corrected chi connectivity index (χ0v) is 12.2. The number of para-hydroxylation sites is 1. The Balaban J connectivity index is 0.000000497. The van der Waals surface area contributed by atoms with Crippen molar-refractivity contribution < 1.29 is 19.4 Å². The molecule has 0 aromatic heterocycles. The zero-order chi connectivity index (χ0) is 15.3. The van der Waals surface area contributed by atoms with Crippen LogP contribution in [0.4, 0.5) is 0 Å². The molecule has 0 aliphatic carbocycles. The van der Waals surface area contributed by atoms with E-state index >= 15 is 0 Å². The summed E-state index contributed by atoms with van der Waals surface area (Å²) < 4.78 is 6.18.